The summed E-state index contributed by atoms with van der Waals surface area (Å²) in [6, 6.07) is 5.42. The van der Waals surface area contributed by atoms with Crippen molar-refractivity contribution in [1.29, 1.82) is 0 Å². The molecule has 2 fully saturated rings. The van der Waals surface area contributed by atoms with Gasteiger partial charge < -0.3 is 14.2 Å². The van der Waals surface area contributed by atoms with Crippen LogP contribution in [0.2, 0.25) is 0 Å². The molecule has 30 heavy (non-hydrogen) atoms. The number of piperidine rings is 1. The van der Waals surface area contributed by atoms with Crippen LogP contribution in [0.5, 0.6) is 0 Å². The zero-order valence-corrected chi connectivity index (χ0v) is 16.3. The number of aromatic nitrogens is 2. The van der Waals surface area contributed by atoms with Gasteiger partial charge in [-0.1, -0.05) is 0 Å². The van der Waals surface area contributed by atoms with Crippen molar-refractivity contribution in [3.63, 3.8) is 0 Å². The highest BCUT2D eigenvalue weighted by Crippen LogP contribution is 2.29. The van der Waals surface area contributed by atoms with Gasteiger partial charge in [0.15, 0.2) is 0 Å². The SMILES string of the molecule is O=C1CCN(CCC(=O)N2CCC(c3nnc(-c4ccc(F)cc4)o3)CC2)C(=O)N1. The highest BCUT2D eigenvalue weighted by atomic mass is 19.1. The van der Waals surface area contributed by atoms with E-state index in [2.05, 4.69) is 15.5 Å². The second-order valence-corrected chi connectivity index (χ2v) is 7.45. The van der Waals surface area contributed by atoms with E-state index >= 15 is 0 Å². The van der Waals surface area contributed by atoms with Gasteiger partial charge in [-0.2, -0.15) is 0 Å². The maximum absolute atomic E-state index is 13.1. The van der Waals surface area contributed by atoms with E-state index in [1.807, 2.05) is 0 Å². The number of hydrogen-bond donors (Lipinski definition) is 1. The number of imide groups is 1. The van der Waals surface area contributed by atoms with Gasteiger partial charge in [0.2, 0.25) is 23.6 Å². The summed E-state index contributed by atoms with van der Waals surface area (Å²) in [5.41, 5.74) is 0.659. The Morgan fingerprint density at radius 1 is 1.13 bits per heavy atom. The van der Waals surface area contributed by atoms with E-state index in [1.165, 1.54) is 17.0 Å². The quantitative estimate of drug-likeness (QED) is 0.799. The minimum atomic E-state index is -0.439. The van der Waals surface area contributed by atoms with Gasteiger partial charge in [0.05, 0.1) is 0 Å². The van der Waals surface area contributed by atoms with E-state index < -0.39 is 6.03 Å². The van der Waals surface area contributed by atoms with E-state index in [1.54, 1.807) is 17.0 Å². The zero-order valence-electron chi connectivity index (χ0n) is 16.3. The Bertz CT molecular complexity index is 937. The fraction of sp³-hybridized carbons (Fsp3) is 0.450. The van der Waals surface area contributed by atoms with Crippen LogP contribution in [0.4, 0.5) is 9.18 Å². The van der Waals surface area contributed by atoms with E-state index in [9.17, 15) is 18.8 Å². The average molecular weight is 415 g/mol. The number of benzene rings is 1. The van der Waals surface area contributed by atoms with E-state index in [0.717, 1.165) is 0 Å². The Labute approximate surface area is 172 Å². The Hall–Kier alpha value is -3.30. The Balaban J connectivity index is 1.26. The molecule has 2 aliphatic rings. The number of halogens is 1. The number of nitrogens with one attached hydrogen (secondary N) is 1. The molecule has 0 bridgehead atoms. The molecule has 10 heteroatoms. The van der Waals surface area contributed by atoms with Gasteiger partial charge >= 0.3 is 6.03 Å². The normalized spacial score (nSPS) is 17.9. The molecule has 1 aromatic heterocycles. The van der Waals surface area contributed by atoms with E-state index in [-0.39, 0.29) is 36.4 Å². The Kier molecular flexibility index (Phi) is 5.73. The number of amides is 4. The lowest BCUT2D eigenvalue weighted by Crippen LogP contribution is -2.50. The monoisotopic (exact) mass is 415 g/mol. The van der Waals surface area contributed by atoms with Gasteiger partial charge in [0, 0.05) is 50.5 Å². The topological polar surface area (TPSA) is 109 Å². The third-order valence-electron chi connectivity index (χ3n) is 5.47. The van der Waals surface area contributed by atoms with Gasteiger partial charge in [-0.25, -0.2) is 9.18 Å². The molecule has 0 atom stereocenters. The highest BCUT2D eigenvalue weighted by Gasteiger charge is 2.29. The van der Waals surface area contributed by atoms with Crippen LogP contribution in [-0.4, -0.2) is 64.0 Å². The first-order valence-electron chi connectivity index (χ1n) is 9.95. The van der Waals surface area contributed by atoms with E-state index in [0.29, 0.717) is 56.4 Å². The Morgan fingerprint density at radius 3 is 2.57 bits per heavy atom. The van der Waals surface area contributed by atoms with Crippen molar-refractivity contribution in [2.75, 3.05) is 26.2 Å². The molecule has 1 aromatic carbocycles. The van der Waals surface area contributed by atoms with Gasteiger partial charge in [0.25, 0.3) is 0 Å². The molecule has 3 heterocycles. The second-order valence-electron chi connectivity index (χ2n) is 7.45. The molecule has 1 N–H and O–H groups in total. The van der Waals surface area contributed by atoms with Crippen molar-refractivity contribution in [3.05, 3.63) is 36.0 Å². The summed E-state index contributed by atoms with van der Waals surface area (Å²) in [5, 5.41) is 10.4. The summed E-state index contributed by atoms with van der Waals surface area (Å²) in [6.45, 7) is 1.78. The minimum Gasteiger partial charge on any atom is -0.420 e. The first kappa shape index (κ1) is 20.0. The van der Waals surface area contributed by atoms with Crippen LogP contribution in [0.1, 0.15) is 37.5 Å². The number of carbonyl (C=O) groups is 3. The second kappa shape index (κ2) is 8.60. The lowest BCUT2D eigenvalue weighted by atomic mass is 9.96. The molecule has 0 aliphatic carbocycles. The summed E-state index contributed by atoms with van der Waals surface area (Å²) >= 11 is 0. The predicted octanol–water partition coefficient (Wildman–Crippen LogP) is 1.91. The van der Waals surface area contributed by atoms with Crippen molar-refractivity contribution in [2.24, 2.45) is 0 Å². The number of likely N-dealkylation sites (tertiary alicyclic amines) is 1. The zero-order chi connectivity index (χ0) is 21.1. The molecular weight excluding hydrogens is 393 g/mol. The minimum absolute atomic E-state index is 0.0179. The van der Waals surface area contributed by atoms with Crippen molar-refractivity contribution in [1.82, 2.24) is 25.3 Å². The van der Waals surface area contributed by atoms with Crippen molar-refractivity contribution in [3.8, 4) is 11.5 Å². The van der Waals surface area contributed by atoms with Crippen LogP contribution in [0.25, 0.3) is 11.5 Å². The molecule has 2 aromatic rings. The highest BCUT2D eigenvalue weighted by molar-refractivity contribution is 5.96. The van der Waals surface area contributed by atoms with Crippen LogP contribution >= 0.6 is 0 Å². The van der Waals surface area contributed by atoms with E-state index in [4.69, 9.17) is 4.42 Å². The fourth-order valence-corrected chi connectivity index (χ4v) is 3.69. The summed E-state index contributed by atoms with van der Waals surface area (Å²) in [7, 11) is 0. The van der Waals surface area contributed by atoms with Crippen molar-refractivity contribution >= 4 is 17.8 Å². The molecule has 0 unspecified atom stereocenters. The standard InChI is InChI=1S/C20H22FN5O4/c21-15-3-1-13(2-4-15)18-23-24-19(30-18)14-5-9-25(10-6-14)17(28)8-12-26-11-7-16(27)22-20(26)29/h1-4,14H,5-12H2,(H,22,27,29). The van der Waals surface area contributed by atoms with Crippen LogP contribution in [-0.2, 0) is 9.59 Å². The molecule has 0 radical (unpaired) electrons. The number of carbonyl (C=O) groups excluding carboxylic acids is 3. The maximum atomic E-state index is 13.1. The average Bonchev–Trinajstić information content (AvgIpc) is 3.24. The van der Waals surface area contributed by atoms with Crippen molar-refractivity contribution in [2.45, 2.75) is 31.6 Å². The molecule has 4 amide bonds. The van der Waals surface area contributed by atoms with Gasteiger partial charge in [-0.15, -0.1) is 10.2 Å². The third kappa shape index (κ3) is 4.47. The van der Waals surface area contributed by atoms with Crippen LogP contribution in [0, 0.1) is 5.82 Å². The largest absolute Gasteiger partial charge is 0.420 e. The maximum Gasteiger partial charge on any atom is 0.324 e. The van der Waals surface area contributed by atoms with Gasteiger partial charge in [-0.05, 0) is 37.1 Å². The molecule has 4 rings (SSSR count). The summed E-state index contributed by atoms with van der Waals surface area (Å²) in [4.78, 5) is 38.7. The summed E-state index contributed by atoms with van der Waals surface area (Å²) < 4.78 is 18.8. The number of hydrogen-bond acceptors (Lipinski definition) is 6. The lowest BCUT2D eigenvalue weighted by molar-refractivity contribution is -0.132. The molecule has 0 saturated carbocycles. The first-order valence-corrected chi connectivity index (χ1v) is 9.95. The summed E-state index contributed by atoms with van der Waals surface area (Å²) in [5.74, 6) is 0.307. The van der Waals surface area contributed by atoms with Gasteiger partial charge in [0.1, 0.15) is 5.82 Å². The summed E-state index contributed by atoms with van der Waals surface area (Å²) in [6.07, 6.45) is 1.89. The molecule has 2 aliphatic heterocycles. The molecular formula is C20H22FN5O4. The van der Waals surface area contributed by atoms with Crippen LogP contribution in [0.15, 0.2) is 28.7 Å². The van der Waals surface area contributed by atoms with Crippen molar-refractivity contribution < 1.29 is 23.2 Å². The Morgan fingerprint density at radius 2 is 1.87 bits per heavy atom. The van der Waals surface area contributed by atoms with Crippen LogP contribution < -0.4 is 5.32 Å². The van der Waals surface area contributed by atoms with Gasteiger partial charge in [-0.3, -0.25) is 14.9 Å². The fourth-order valence-electron chi connectivity index (χ4n) is 3.69. The number of rotatable bonds is 5. The molecule has 0 spiro atoms. The predicted molar refractivity (Wildman–Crippen MR) is 103 cm³/mol. The lowest BCUT2D eigenvalue weighted by Gasteiger charge is -2.32. The molecule has 158 valence electrons. The molecule has 2 saturated heterocycles. The first-order chi connectivity index (χ1) is 14.5. The smallest absolute Gasteiger partial charge is 0.324 e. The third-order valence-corrected chi connectivity index (χ3v) is 5.47. The number of nitrogens with zero attached hydrogens (tertiary/aromatic N) is 4. The number of urea groups is 1. The van der Waals surface area contributed by atoms with Crippen LogP contribution in [0.3, 0.4) is 0 Å². The molecule has 9 nitrogen and oxygen atoms in total.